The Morgan fingerprint density at radius 1 is 1.19 bits per heavy atom. The van der Waals surface area contributed by atoms with Crippen LogP contribution in [0.1, 0.15) is 21.0 Å². The molecule has 0 spiro atoms. The lowest BCUT2D eigenvalue weighted by molar-refractivity contribution is 0.372. The summed E-state index contributed by atoms with van der Waals surface area (Å²) in [4.78, 5) is 14.9. The van der Waals surface area contributed by atoms with Gasteiger partial charge in [0.05, 0.1) is 6.54 Å². The Hall–Kier alpha value is -1.35. The summed E-state index contributed by atoms with van der Waals surface area (Å²) in [5.41, 5.74) is 4.11. The van der Waals surface area contributed by atoms with Crippen molar-refractivity contribution in [3.63, 3.8) is 0 Å². The van der Waals surface area contributed by atoms with Gasteiger partial charge in [-0.3, -0.25) is 4.99 Å². The zero-order valence-electron chi connectivity index (χ0n) is 16.0. The fraction of sp³-hybridized carbons (Fsp3) is 0.474. The Bertz CT molecular complexity index is 750. The van der Waals surface area contributed by atoms with Gasteiger partial charge in [0.1, 0.15) is 5.01 Å². The topological polar surface area (TPSA) is 43.8 Å². The fourth-order valence-electron chi connectivity index (χ4n) is 3.21. The Morgan fingerprint density at radius 3 is 2.54 bits per heavy atom. The Kier molecular flexibility index (Phi) is 7.69. The SMILES string of the molecule is CN=C(NCc1ncc(C)s1)N1CCN(c2cccc(C)c2C)CC1.I. The Balaban J connectivity index is 0.00000243. The molecule has 2 heterocycles. The van der Waals surface area contributed by atoms with Crippen LogP contribution in [0.25, 0.3) is 0 Å². The van der Waals surface area contributed by atoms with Gasteiger partial charge >= 0.3 is 0 Å². The average Bonchev–Trinajstić information content (AvgIpc) is 3.04. The number of piperazine rings is 1. The summed E-state index contributed by atoms with van der Waals surface area (Å²) in [5, 5.41) is 4.55. The van der Waals surface area contributed by atoms with Crippen molar-refractivity contribution < 1.29 is 0 Å². The first kappa shape index (κ1) is 21.0. The zero-order chi connectivity index (χ0) is 17.8. The van der Waals surface area contributed by atoms with Crippen molar-refractivity contribution in [3.05, 3.63) is 45.4 Å². The molecule has 1 saturated heterocycles. The number of hydrogen-bond acceptors (Lipinski definition) is 4. The van der Waals surface area contributed by atoms with Crippen LogP contribution in [0.5, 0.6) is 0 Å². The number of aromatic nitrogens is 1. The van der Waals surface area contributed by atoms with Gasteiger partial charge < -0.3 is 15.1 Å². The standard InChI is InChI=1S/C19H27N5S.HI/c1-14-6-5-7-17(16(14)3)23-8-10-24(11-9-23)19(20-4)22-13-18-21-12-15(2)25-18;/h5-7,12H,8-11,13H2,1-4H3,(H,20,22);1H. The fourth-order valence-corrected chi connectivity index (χ4v) is 3.93. The molecule has 142 valence electrons. The lowest BCUT2D eigenvalue weighted by Gasteiger charge is -2.38. The van der Waals surface area contributed by atoms with Crippen molar-refractivity contribution in [1.82, 2.24) is 15.2 Å². The molecule has 3 rings (SSSR count). The third-order valence-electron chi connectivity index (χ3n) is 4.77. The van der Waals surface area contributed by atoms with E-state index in [9.17, 15) is 0 Å². The number of aryl methyl sites for hydroxylation is 2. The van der Waals surface area contributed by atoms with Crippen molar-refractivity contribution in [3.8, 4) is 0 Å². The maximum absolute atomic E-state index is 4.45. The summed E-state index contributed by atoms with van der Waals surface area (Å²) >= 11 is 1.73. The molecule has 0 radical (unpaired) electrons. The lowest BCUT2D eigenvalue weighted by atomic mass is 10.1. The van der Waals surface area contributed by atoms with E-state index in [1.165, 1.54) is 21.7 Å². The van der Waals surface area contributed by atoms with Crippen molar-refractivity contribution in [1.29, 1.82) is 0 Å². The number of hydrogen-bond donors (Lipinski definition) is 1. The molecule has 2 aromatic rings. The van der Waals surface area contributed by atoms with Crippen molar-refractivity contribution >= 4 is 47.0 Å². The van der Waals surface area contributed by atoms with Gasteiger partial charge in [-0.05, 0) is 38.0 Å². The second kappa shape index (κ2) is 9.55. The van der Waals surface area contributed by atoms with Crippen LogP contribution in [0.2, 0.25) is 0 Å². The minimum absolute atomic E-state index is 0. The van der Waals surface area contributed by atoms with Crippen molar-refractivity contribution in [2.24, 2.45) is 4.99 Å². The van der Waals surface area contributed by atoms with Crippen LogP contribution in [0.4, 0.5) is 5.69 Å². The second-order valence-electron chi connectivity index (χ2n) is 6.46. The molecule has 26 heavy (non-hydrogen) atoms. The third kappa shape index (κ3) is 4.88. The lowest BCUT2D eigenvalue weighted by Crippen LogP contribution is -2.52. The number of benzene rings is 1. The smallest absolute Gasteiger partial charge is 0.194 e. The van der Waals surface area contributed by atoms with Gasteiger partial charge in [0.2, 0.25) is 0 Å². The molecule has 0 atom stereocenters. The number of aliphatic imine (C=N–C) groups is 1. The first-order chi connectivity index (χ1) is 12.1. The molecule has 1 aromatic carbocycles. The summed E-state index contributed by atoms with van der Waals surface area (Å²) in [7, 11) is 1.85. The Labute approximate surface area is 177 Å². The molecule has 1 fully saturated rings. The first-order valence-corrected chi connectivity index (χ1v) is 9.58. The van der Waals surface area contributed by atoms with Gasteiger partial charge in [-0.2, -0.15) is 0 Å². The van der Waals surface area contributed by atoms with Crippen LogP contribution >= 0.6 is 35.3 Å². The highest BCUT2D eigenvalue weighted by atomic mass is 127. The van der Waals surface area contributed by atoms with Crippen molar-refractivity contribution in [2.45, 2.75) is 27.3 Å². The molecule has 1 N–H and O–H groups in total. The predicted molar refractivity (Wildman–Crippen MR) is 122 cm³/mol. The highest BCUT2D eigenvalue weighted by Crippen LogP contribution is 2.23. The molecule has 5 nitrogen and oxygen atoms in total. The Morgan fingerprint density at radius 2 is 1.92 bits per heavy atom. The summed E-state index contributed by atoms with van der Waals surface area (Å²) in [6.45, 7) is 11.2. The quantitative estimate of drug-likeness (QED) is 0.410. The molecule has 0 unspecified atom stereocenters. The molecule has 1 aromatic heterocycles. The van der Waals surface area contributed by atoms with Crippen LogP contribution < -0.4 is 10.2 Å². The first-order valence-electron chi connectivity index (χ1n) is 8.76. The average molecular weight is 485 g/mol. The summed E-state index contributed by atoms with van der Waals surface area (Å²) in [6, 6.07) is 6.57. The minimum atomic E-state index is 0. The number of rotatable bonds is 3. The zero-order valence-corrected chi connectivity index (χ0v) is 19.1. The number of guanidine groups is 1. The van der Waals surface area contributed by atoms with E-state index in [0.717, 1.165) is 43.7 Å². The monoisotopic (exact) mass is 485 g/mol. The summed E-state index contributed by atoms with van der Waals surface area (Å²) in [6.07, 6.45) is 1.92. The molecule has 0 bridgehead atoms. The number of thiazole rings is 1. The molecule has 0 aliphatic carbocycles. The highest BCUT2D eigenvalue weighted by Gasteiger charge is 2.21. The molecule has 7 heteroatoms. The van der Waals surface area contributed by atoms with Gasteiger partial charge in [0, 0.05) is 50.0 Å². The van der Waals surface area contributed by atoms with Crippen LogP contribution in [-0.2, 0) is 6.54 Å². The number of anilines is 1. The molecule has 1 aliphatic rings. The molecule has 0 amide bonds. The molecule has 1 aliphatic heterocycles. The highest BCUT2D eigenvalue weighted by molar-refractivity contribution is 14.0. The van der Waals surface area contributed by atoms with Crippen molar-refractivity contribution in [2.75, 3.05) is 38.1 Å². The van der Waals surface area contributed by atoms with Gasteiger partial charge in [-0.15, -0.1) is 35.3 Å². The van der Waals surface area contributed by atoms with E-state index in [1.807, 2.05) is 13.2 Å². The largest absolute Gasteiger partial charge is 0.368 e. The predicted octanol–water partition coefficient (Wildman–Crippen LogP) is 3.58. The van der Waals surface area contributed by atoms with E-state index in [2.05, 4.69) is 64.1 Å². The molecular weight excluding hydrogens is 457 g/mol. The van der Waals surface area contributed by atoms with Crippen LogP contribution in [0.15, 0.2) is 29.4 Å². The minimum Gasteiger partial charge on any atom is -0.368 e. The number of halogens is 1. The second-order valence-corrected chi connectivity index (χ2v) is 7.78. The summed E-state index contributed by atoms with van der Waals surface area (Å²) < 4.78 is 0. The number of nitrogens with one attached hydrogen (secondary N) is 1. The maximum atomic E-state index is 4.45. The summed E-state index contributed by atoms with van der Waals surface area (Å²) in [5.74, 6) is 0.966. The van der Waals surface area contributed by atoms with Gasteiger partial charge in [0.25, 0.3) is 0 Å². The maximum Gasteiger partial charge on any atom is 0.194 e. The number of nitrogens with zero attached hydrogens (tertiary/aromatic N) is 4. The van der Waals surface area contributed by atoms with E-state index < -0.39 is 0 Å². The van der Waals surface area contributed by atoms with E-state index >= 15 is 0 Å². The van der Waals surface area contributed by atoms with Crippen LogP contribution in [-0.4, -0.2) is 49.1 Å². The molecule has 0 saturated carbocycles. The van der Waals surface area contributed by atoms with Gasteiger partial charge in [0.15, 0.2) is 5.96 Å². The van der Waals surface area contributed by atoms with E-state index in [0.29, 0.717) is 0 Å². The normalized spacial score (nSPS) is 15.0. The van der Waals surface area contributed by atoms with Crippen LogP contribution in [0, 0.1) is 20.8 Å². The van der Waals surface area contributed by atoms with Gasteiger partial charge in [-0.25, -0.2) is 4.98 Å². The van der Waals surface area contributed by atoms with E-state index in [1.54, 1.807) is 11.3 Å². The van der Waals surface area contributed by atoms with E-state index in [4.69, 9.17) is 0 Å². The van der Waals surface area contributed by atoms with Gasteiger partial charge in [-0.1, -0.05) is 12.1 Å². The third-order valence-corrected chi connectivity index (χ3v) is 5.69. The van der Waals surface area contributed by atoms with Crippen LogP contribution in [0.3, 0.4) is 0 Å². The van der Waals surface area contributed by atoms with E-state index in [-0.39, 0.29) is 24.0 Å². The molecular formula is C19H28IN5S.